The minimum Gasteiger partial charge on any atom is -0.444 e. The van der Waals surface area contributed by atoms with Gasteiger partial charge >= 0.3 is 6.09 Å². The van der Waals surface area contributed by atoms with Crippen LogP contribution in [0, 0.1) is 0 Å². The molecule has 1 aliphatic rings. The first-order valence-corrected chi connectivity index (χ1v) is 10.0. The molecule has 0 saturated carbocycles. The molecular formula is C18H31N5O2S. The summed E-state index contributed by atoms with van der Waals surface area (Å²) in [6.45, 7) is 9.79. The van der Waals surface area contributed by atoms with Crippen molar-refractivity contribution in [3.05, 3.63) is 16.1 Å². The first kappa shape index (κ1) is 20.5. The van der Waals surface area contributed by atoms with E-state index in [9.17, 15) is 4.79 Å². The van der Waals surface area contributed by atoms with E-state index in [1.807, 2.05) is 27.0 Å². The number of rotatable bonds is 4. The minimum atomic E-state index is -0.472. The van der Waals surface area contributed by atoms with E-state index >= 15 is 0 Å². The highest BCUT2D eigenvalue weighted by atomic mass is 32.1. The van der Waals surface area contributed by atoms with Crippen molar-refractivity contribution in [2.24, 2.45) is 4.99 Å². The summed E-state index contributed by atoms with van der Waals surface area (Å²) in [6, 6.07) is 0.157. The van der Waals surface area contributed by atoms with Crippen LogP contribution in [0.25, 0.3) is 0 Å². The number of likely N-dealkylation sites (tertiary alicyclic amines) is 1. The van der Waals surface area contributed by atoms with Gasteiger partial charge in [0, 0.05) is 37.3 Å². The van der Waals surface area contributed by atoms with Gasteiger partial charge in [0.15, 0.2) is 5.96 Å². The Balaban J connectivity index is 1.84. The molecule has 1 aliphatic heterocycles. The molecule has 1 fully saturated rings. The number of hydrogen-bond donors (Lipinski definition) is 2. The number of aromatic nitrogens is 1. The normalized spacial score (nSPS) is 18.6. The van der Waals surface area contributed by atoms with Gasteiger partial charge in [-0.3, -0.25) is 4.99 Å². The molecule has 0 bridgehead atoms. The lowest BCUT2D eigenvalue weighted by atomic mass is 10.1. The van der Waals surface area contributed by atoms with Crippen LogP contribution < -0.4 is 10.6 Å². The van der Waals surface area contributed by atoms with Gasteiger partial charge in [-0.05, 0) is 40.0 Å². The van der Waals surface area contributed by atoms with Crippen LogP contribution in [-0.4, -0.2) is 53.7 Å². The maximum absolute atomic E-state index is 12.3. The van der Waals surface area contributed by atoms with Crippen LogP contribution in [0.5, 0.6) is 0 Å². The van der Waals surface area contributed by atoms with Crippen LogP contribution in [0.15, 0.2) is 11.2 Å². The van der Waals surface area contributed by atoms with E-state index in [1.54, 1.807) is 23.3 Å². The molecule has 1 atom stereocenters. The van der Waals surface area contributed by atoms with Gasteiger partial charge < -0.3 is 20.3 Å². The molecule has 8 heteroatoms. The Hall–Kier alpha value is -1.83. The number of amides is 1. The molecule has 0 spiro atoms. The molecule has 1 aromatic rings. The predicted octanol–water partition coefficient (Wildman–Crippen LogP) is 2.77. The molecule has 1 aromatic heterocycles. The number of thiazole rings is 1. The van der Waals surface area contributed by atoms with E-state index in [-0.39, 0.29) is 12.1 Å². The number of ether oxygens (including phenoxy) is 1. The van der Waals surface area contributed by atoms with Crippen LogP contribution in [0.1, 0.15) is 50.4 Å². The molecule has 146 valence electrons. The van der Waals surface area contributed by atoms with Gasteiger partial charge in [0.25, 0.3) is 0 Å². The molecule has 7 nitrogen and oxygen atoms in total. The summed E-state index contributed by atoms with van der Waals surface area (Å²) < 4.78 is 5.48. The molecule has 0 aromatic carbocycles. The van der Waals surface area contributed by atoms with Gasteiger partial charge in [0.1, 0.15) is 10.6 Å². The molecule has 1 amide bonds. The fourth-order valence-corrected chi connectivity index (χ4v) is 3.53. The van der Waals surface area contributed by atoms with Crippen molar-refractivity contribution in [3.63, 3.8) is 0 Å². The van der Waals surface area contributed by atoms with E-state index in [2.05, 4.69) is 27.5 Å². The Morgan fingerprint density at radius 1 is 1.50 bits per heavy atom. The Labute approximate surface area is 160 Å². The largest absolute Gasteiger partial charge is 0.444 e. The zero-order chi connectivity index (χ0) is 19.2. The van der Waals surface area contributed by atoms with E-state index in [1.165, 1.54) is 4.88 Å². The average molecular weight is 382 g/mol. The van der Waals surface area contributed by atoms with E-state index in [0.29, 0.717) is 13.1 Å². The van der Waals surface area contributed by atoms with Gasteiger partial charge in [-0.25, -0.2) is 9.78 Å². The number of aliphatic imine (C=N–C) groups is 1. The van der Waals surface area contributed by atoms with Crippen LogP contribution in [0.2, 0.25) is 0 Å². The minimum absolute atomic E-state index is 0.157. The topological polar surface area (TPSA) is 78.9 Å². The van der Waals surface area contributed by atoms with Gasteiger partial charge in [-0.2, -0.15) is 0 Å². The lowest BCUT2D eigenvalue weighted by Gasteiger charge is -2.35. The summed E-state index contributed by atoms with van der Waals surface area (Å²) in [5.41, 5.74) is -0.472. The van der Waals surface area contributed by atoms with Gasteiger partial charge in [0.05, 0.1) is 6.54 Å². The SMILES string of the molecule is CCc1cnc(CNC(=NC)NC2CCCN(C(=O)OC(C)(C)C)C2)s1. The van der Waals surface area contributed by atoms with Crippen LogP contribution >= 0.6 is 11.3 Å². The lowest BCUT2D eigenvalue weighted by molar-refractivity contribution is 0.0193. The summed E-state index contributed by atoms with van der Waals surface area (Å²) in [7, 11) is 1.75. The van der Waals surface area contributed by atoms with Crippen molar-refractivity contribution in [3.8, 4) is 0 Å². The Morgan fingerprint density at radius 3 is 2.88 bits per heavy atom. The highest BCUT2D eigenvalue weighted by Crippen LogP contribution is 2.16. The van der Waals surface area contributed by atoms with E-state index < -0.39 is 5.60 Å². The molecule has 2 heterocycles. The molecule has 1 saturated heterocycles. The number of aryl methyl sites for hydroxylation is 1. The smallest absolute Gasteiger partial charge is 0.410 e. The monoisotopic (exact) mass is 381 g/mol. The quantitative estimate of drug-likeness (QED) is 0.619. The molecule has 2 rings (SSSR count). The highest BCUT2D eigenvalue weighted by Gasteiger charge is 2.28. The molecule has 1 unspecified atom stereocenters. The standard InChI is InChI=1S/C18H31N5O2S/c1-6-14-10-20-15(26-14)11-21-16(19-5)22-13-8-7-9-23(12-13)17(24)25-18(2,3)4/h10,13H,6-9,11-12H2,1-5H3,(H2,19,21,22). The Morgan fingerprint density at radius 2 is 2.27 bits per heavy atom. The summed E-state index contributed by atoms with van der Waals surface area (Å²) in [4.78, 5) is 24.0. The third-order valence-corrected chi connectivity index (χ3v) is 5.14. The number of nitrogens with one attached hydrogen (secondary N) is 2. The molecule has 2 N–H and O–H groups in total. The molecule has 26 heavy (non-hydrogen) atoms. The number of hydrogen-bond acceptors (Lipinski definition) is 5. The zero-order valence-electron chi connectivity index (χ0n) is 16.5. The number of carbonyl (C=O) groups excluding carboxylic acids is 1. The molecule has 0 aliphatic carbocycles. The second-order valence-electron chi connectivity index (χ2n) is 7.41. The van der Waals surface area contributed by atoms with Crippen LogP contribution in [0.3, 0.4) is 0 Å². The lowest BCUT2D eigenvalue weighted by Crippen LogP contribution is -2.53. The second-order valence-corrected chi connectivity index (χ2v) is 8.61. The number of nitrogens with zero attached hydrogens (tertiary/aromatic N) is 3. The van der Waals surface area contributed by atoms with Gasteiger partial charge in [-0.1, -0.05) is 6.92 Å². The van der Waals surface area contributed by atoms with Crippen molar-refractivity contribution >= 4 is 23.4 Å². The van der Waals surface area contributed by atoms with E-state index in [0.717, 1.165) is 36.8 Å². The fraction of sp³-hybridized carbons (Fsp3) is 0.722. The Kier molecular flexibility index (Phi) is 7.25. The Bertz CT molecular complexity index is 623. The maximum Gasteiger partial charge on any atom is 0.410 e. The average Bonchev–Trinajstić information content (AvgIpc) is 3.05. The summed E-state index contributed by atoms with van der Waals surface area (Å²) in [5, 5.41) is 7.76. The van der Waals surface area contributed by atoms with E-state index in [4.69, 9.17) is 4.74 Å². The molecular weight excluding hydrogens is 350 g/mol. The van der Waals surface area contributed by atoms with Crippen molar-refractivity contribution in [1.29, 1.82) is 0 Å². The zero-order valence-corrected chi connectivity index (χ0v) is 17.3. The fourth-order valence-electron chi connectivity index (χ4n) is 2.73. The van der Waals surface area contributed by atoms with Crippen molar-refractivity contribution in [1.82, 2.24) is 20.5 Å². The number of piperidine rings is 1. The molecule has 0 radical (unpaired) electrons. The van der Waals surface area contributed by atoms with Crippen LogP contribution in [-0.2, 0) is 17.7 Å². The second kappa shape index (κ2) is 9.21. The van der Waals surface area contributed by atoms with Crippen LogP contribution in [0.4, 0.5) is 4.79 Å². The van der Waals surface area contributed by atoms with Crippen molar-refractivity contribution in [2.45, 2.75) is 65.1 Å². The van der Waals surface area contributed by atoms with Gasteiger partial charge in [0.2, 0.25) is 0 Å². The first-order valence-electron chi connectivity index (χ1n) is 9.19. The van der Waals surface area contributed by atoms with Crippen molar-refractivity contribution in [2.75, 3.05) is 20.1 Å². The highest BCUT2D eigenvalue weighted by molar-refractivity contribution is 7.11. The summed E-state index contributed by atoms with van der Waals surface area (Å²) >= 11 is 1.72. The third kappa shape index (κ3) is 6.48. The predicted molar refractivity (Wildman–Crippen MR) is 106 cm³/mol. The van der Waals surface area contributed by atoms with Crippen molar-refractivity contribution < 1.29 is 9.53 Å². The number of carbonyl (C=O) groups is 1. The maximum atomic E-state index is 12.3. The van der Waals surface area contributed by atoms with Gasteiger partial charge in [-0.15, -0.1) is 11.3 Å². The first-order chi connectivity index (χ1) is 12.3. The number of guanidine groups is 1. The summed E-state index contributed by atoms with van der Waals surface area (Å²) in [6.07, 6.45) is 4.63. The summed E-state index contributed by atoms with van der Waals surface area (Å²) in [5.74, 6) is 0.731. The third-order valence-electron chi connectivity index (χ3n) is 3.99.